The van der Waals surface area contributed by atoms with Crippen molar-refractivity contribution in [2.75, 3.05) is 57.9 Å². The average Bonchev–Trinajstić information content (AvgIpc) is 3.36. The van der Waals surface area contributed by atoms with Gasteiger partial charge in [0, 0.05) is 42.0 Å². The first kappa shape index (κ1) is 20.9. The van der Waals surface area contributed by atoms with Gasteiger partial charge < -0.3 is 20.1 Å². The predicted octanol–water partition coefficient (Wildman–Crippen LogP) is 2.51. The Bertz CT molecular complexity index is 770. The summed E-state index contributed by atoms with van der Waals surface area (Å²) in [7, 11) is 0. The molecule has 9 heteroatoms. The number of carbonyl (C=O) groups excluding carboxylic acids is 2. The van der Waals surface area contributed by atoms with E-state index in [-0.39, 0.29) is 19.1 Å². The van der Waals surface area contributed by atoms with Crippen molar-refractivity contribution in [2.45, 2.75) is 6.92 Å². The van der Waals surface area contributed by atoms with Crippen molar-refractivity contribution < 1.29 is 19.1 Å². The van der Waals surface area contributed by atoms with Crippen LogP contribution in [0.15, 0.2) is 22.9 Å². The molecule has 3 rings (SSSR count). The highest BCUT2D eigenvalue weighted by atomic mass is 32.1. The minimum atomic E-state index is -0.414. The van der Waals surface area contributed by atoms with E-state index in [0.717, 1.165) is 49.8 Å². The molecule has 0 radical (unpaired) electrons. The number of thiophene rings is 2. The van der Waals surface area contributed by atoms with E-state index in [1.54, 1.807) is 18.3 Å². The van der Waals surface area contributed by atoms with E-state index in [9.17, 15) is 9.59 Å². The molecule has 2 aromatic heterocycles. The van der Waals surface area contributed by atoms with Crippen molar-refractivity contribution in [1.29, 1.82) is 0 Å². The van der Waals surface area contributed by atoms with Gasteiger partial charge in [0.15, 0.2) is 0 Å². The van der Waals surface area contributed by atoms with E-state index in [4.69, 9.17) is 9.47 Å². The third kappa shape index (κ3) is 5.62. The van der Waals surface area contributed by atoms with Crippen LogP contribution in [-0.2, 0) is 14.3 Å². The summed E-state index contributed by atoms with van der Waals surface area (Å²) in [5, 5.41) is 10.4. The highest BCUT2D eigenvalue weighted by molar-refractivity contribution is 7.17. The zero-order valence-corrected chi connectivity index (χ0v) is 17.5. The Hall–Kier alpha value is -1.78. The Labute approximate surface area is 172 Å². The number of carbonyl (C=O) groups is 2. The number of rotatable bonds is 9. The Morgan fingerprint density at radius 2 is 2.11 bits per heavy atom. The average molecular weight is 424 g/mol. The molecule has 1 aliphatic rings. The van der Waals surface area contributed by atoms with Gasteiger partial charge in [-0.05, 0) is 18.4 Å². The lowest BCUT2D eigenvalue weighted by Crippen LogP contribution is -2.41. The minimum absolute atomic E-state index is 0.174. The Morgan fingerprint density at radius 1 is 1.29 bits per heavy atom. The van der Waals surface area contributed by atoms with Gasteiger partial charge >= 0.3 is 5.97 Å². The number of hydrogen-bond acceptors (Lipinski definition) is 8. The van der Waals surface area contributed by atoms with Crippen LogP contribution in [0.3, 0.4) is 0 Å². The molecule has 0 aromatic carbocycles. The fourth-order valence-corrected chi connectivity index (χ4v) is 4.69. The number of anilines is 1. The maximum absolute atomic E-state index is 12.5. The van der Waals surface area contributed by atoms with E-state index in [1.165, 1.54) is 11.3 Å². The molecular formula is C19H25N3O4S2. The summed E-state index contributed by atoms with van der Waals surface area (Å²) in [5.41, 5.74) is 1.23. The van der Waals surface area contributed by atoms with Crippen LogP contribution < -0.4 is 10.6 Å². The summed E-state index contributed by atoms with van der Waals surface area (Å²) in [5.74, 6) is -0.588. The van der Waals surface area contributed by atoms with Crippen LogP contribution in [0.4, 0.5) is 5.00 Å². The molecule has 1 saturated heterocycles. The minimum Gasteiger partial charge on any atom is -0.462 e. The number of morpholine rings is 1. The van der Waals surface area contributed by atoms with Gasteiger partial charge in [0.05, 0.1) is 26.4 Å². The van der Waals surface area contributed by atoms with Crippen LogP contribution in [0.2, 0.25) is 0 Å². The molecule has 0 bridgehead atoms. The third-order valence-corrected chi connectivity index (χ3v) is 6.10. The van der Waals surface area contributed by atoms with Gasteiger partial charge in [-0.25, -0.2) is 4.79 Å². The molecule has 3 heterocycles. The summed E-state index contributed by atoms with van der Waals surface area (Å²) < 4.78 is 10.5. The Kier molecular flexibility index (Phi) is 7.99. The van der Waals surface area contributed by atoms with E-state index < -0.39 is 5.97 Å². The normalized spacial score (nSPS) is 14.8. The molecule has 1 fully saturated rings. The first-order chi connectivity index (χ1) is 13.7. The zero-order valence-electron chi connectivity index (χ0n) is 15.9. The smallest absolute Gasteiger partial charge is 0.341 e. The lowest BCUT2D eigenvalue weighted by Gasteiger charge is -2.26. The molecule has 1 amide bonds. The van der Waals surface area contributed by atoms with E-state index in [2.05, 4.69) is 15.5 Å². The van der Waals surface area contributed by atoms with E-state index in [1.807, 2.05) is 22.9 Å². The second-order valence-corrected chi connectivity index (χ2v) is 8.06. The number of esters is 1. The third-order valence-electron chi connectivity index (χ3n) is 4.30. The largest absolute Gasteiger partial charge is 0.462 e. The van der Waals surface area contributed by atoms with Gasteiger partial charge in [0.1, 0.15) is 10.6 Å². The maximum atomic E-state index is 12.5. The number of amides is 1. The van der Waals surface area contributed by atoms with Crippen molar-refractivity contribution >= 4 is 39.6 Å². The summed E-state index contributed by atoms with van der Waals surface area (Å²) in [6.45, 7) is 7.24. The highest BCUT2D eigenvalue weighted by Gasteiger charge is 2.23. The molecule has 152 valence electrons. The van der Waals surface area contributed by atoms with Gasteiger partial charge in [-0.15, -0.1) is 22.7 Å². The first-order valence-electron chi connectivity index (χ1n) is 9.32. The molecule has 2 aromatic rings. The van der Waals surface area contributed by atoms with Crippen LogP contribution in [0.1, 0.15) is 17.3 Å². The van der Waals surface area contributed by atoms with Crippen molar-refractivity contribution in [3.05, 3.63) is 28.5 Å². The monoisotopic (exact) mass is 423 g/mol. The molecule has 0 unspecified atom stereocenters. The lowest BCUT2D eigenvalue weighted by atomic mass is 10.1. The van der Waals surface area contributed by atoms with Crippen molar-refractivity contribution in [3.8, 4) is 10.4 Å². The molecule has 28 heavy (non-hydrogen) atoms. The molecule has 0 saturated carbocycles. The molecule has 0 atom stereocenters. The maximum Gasteiger partial charge on any atom is 0.341 e. The van der Waals surface area contributed by atoms with Crippen molar-refractivity contribution in [2.24, 2.45) is 0 Å². The zero-order chi connectivity index (χ0) is 19.8. The van der Waals surface area contributed by atoms with Crippen LogP contribution in [0.25, 0.3) is 10.4 Å². The summed E-state index contributed by atoms with van der Waals surface area (Å²) in [4.78, 5) is 28.1. The quantitative estimate of drug-likeness (QED) is 0.477. The first-order valence-corrected chi connectivity index (χ1v) is 11.1. The van der Waals surface area contributed by atoms with Gasteiger partial charge in [0.25, 0.3) is 0 Å². The second kappa shape index (κ2) is 10.7. The highest BCUT2D eigenvalue weighted by Crippen LogP contribution is 2.38. The lowest BCUT2D eigenvalue weighted by molar-refractivity contribution is -0.115. The Morgan fingerprint density at radius 3 is 2.82 bits per heavy atom. The van der Waals surface area contributed by atoms with Crippen LogP contribution in [0, 0.1) is 0 Å². The SMILES string of the molecule is CCOC(=O)c1c(-c2cccs2)csc1NC(=O)CNCCN1CCOCC1. The van der Waals surface area contributed by atoms with Gasteiger partial charge in [-0.1, -0.05) is 6.07 Å². The van der Waals surface area contributed by atoms with E-state index in [0.29, 0.717) is 10.6 Å². The molecule has 1 aliphatic heterocycles. The topological polar surface area (TPSA) is 79.9 Å². The van der Waals surface area contributed by atoms with Crippen LogP contribution >= 0.6 is 22.7 Å². The molecule has 0 aliphatic carbocycles. The molecule has 7 nitrogen and oxygen atoms in total. The van der Waals surface area contributed by atoms with Crippen LogP contribution in [0.5, 0.6) is 0 Å². The van der Waals surface area contributed by atoms with Crippen molar-refractivity contribution in [1.82, 2.24) is 10.2 Å². The fourth-order valence-electron chi connectivity index (χ4n) is 2.90. The van der Waals surface area contributed by atoms with Gasteiger partial charge in [-0.3, -0.25) is 9.69 Å². The van der Waals surface area contributed by atoms with Crippen LogP contribution in [-0.4, -0.2) is 69.3 Å². The second-order valence-electron chi connectivity index (χ2n) is 6.23. The number of nitrogens with one attached hydrogen (secondary N) is 2. The molecular weight excluding hydrogens is 398 g/mol. The summed E-state index contributed by atoms with van der Waals surface area (Å²) in [6.07, 6.45) is 0. The number of nitrogens with zero attached hydrogens (tertiary/aromatic N) is 1. The Balaban J connectivity index is 1.56. The number of hydrogen-bond donors (Lipinski definition) is 2. The predicted molar refractivity (Wildman–Crippen MR) is 112 cm³/mol. The fraction of sp³-hybridized carbons (Fsp3) is 0.474. The van der Waals surface area contributed by atoms with E-state index >= 15 is 0 Å². The summed E-state index contributed by atoms with van der Waals surface area (Å²) >= 11 is 2.89. The number of ether oxygens (including phenoxy) is 2. The standard InChI is InChI=1S/C19H25N3O4S2/c1-2-26-19(24)17-14(15-4-3-11-27-15)13-28-18(17)21-16(23)12-20-5-6-22-7-9-25-10-8-22/h3-4,11,13,20H,2,5-10,12H2,1H3,(H,21,23). The molecule has 0 spiro atoms. The van der Waals surface area contributed by atoms with Gasteiger partial charge in [-0.2, -0.15) is 0 Å². The molecule has 2 N–H and O–H groups in total. The van der Waals surface area contributed by atoms with Gasteiger partial charge in [0.2, 0.25) is 5.91 Å². The van der Waals surface area contributed by atoms with Crippen molar-refractivity contribution in [3.63, 3.8) is 0 Å². The summed E-state index contributed by atoms with van der Waals surface area (Å²) in [6, 6.07) is 3.89.